The molecule has 0 aromatic heterocycles. The van der Waals surface area contributed by atoms with E-state index < -0.39 is 18.3 Å². The lowest BCUT2D eigenvalue weighted by atomic mass is 9.77. The van der Waals surface area contributed by atoms with Crippen molar-refractivity contribution >= 4 is 29.6 Å². The van der Waals surface area contributed by atoms with E-state index in [2.05, 4.69) is 154 Å². The van der Waals surface area contributed by atoms with E-state index in [1.807, 2.05) is 0 Å². The number of para-hydroxylation sites is 1. The first-order chi connectivity index (χ1) is 19.3. The van der Waals surface area contributed by atoms with Crippen molar-refractivity contribution in [3.8, 4) is 33.4 Å². The van der Waals surface area contributed by atoms with Crippen LogP contribution in [0.25, 0.3) is 33.4 Å². The van der Waals surface area contributed by atoms with Crippen LogP contribution in [0.3, 0.4) is 0 Å². The smallest absolute Gasteiger partial charge is 0.399 e. The quantitative estimate of drug-likeness (QED) is 0.217. The third kappa shape index (κ3) is 3.99. The van der Waals surface area contributed by atoms with Gasteiger partial charge in [0.25, 0.3) is 0 Å². The number of anilines is 3. The lowest BCUT2D eigenvalue weighted by Crippen LogP contribution is -2.41. The predicted octanol–water partition coefficient (Wildman–Crippen LogP) is 8.77. The number of rotatable bonds is 3. The highest BCUT2D eigenvalue weighted by Crippen LogP contribution is 2.51. The third-order valence-electron chi connectivity index (χ3n) is 8.65. The Morgan fingerprint density at radius 1 is 0.500 bits per heavy atom. The summed E-state index contributed by atoms with van der Waals surface area (Å²) >= 11 is 0. The maximum atomic E-state index is 6.46. The van der Waals surface area contributed by atoms with Gasteiger partial charge >= 0.3 is 7.12 Å². The molecule has 5 aromatic carbocycles. The first-order valence-electron chi connectivity index (χ1n) is 14.0. The molecule has 0 spiro atoms. The number of hydrogen-bond donors (Lipinski definition) is 0. The highest BCUT2D eigenvalue weighted by Gasteiger charge is 2.51. The molecule has 40 heavy (non-hydrogen) atoms. The average Bonchev–Trinajstić information content (AvgIpc) is 3.13. The maximum absolute atomic E-state index is 6.46. The Balaban J connectivity index is 1.47. The molecule has 5 aromatic rings. The van der Waals surface area contributed by atoms with Gasteiger partial charge in [0, 0.05) is 16.8 Å². The van der Waals surface area contributed by atoms with Gasteiger partial charge in [-0.15, -0.1) is 0 Å². The summed E-state index contributed by atoms with van der Waals surface area (Å²) in [5, 5.41) is 0. The maximum Gasteiger partial charge on any atom is 0.494 e. The third-order valence-corrected chi connectivity index (χ3v) is 8.65. The molecule has 0 bridgehead atoms. The van der Waals surface area contributed by atoms with Gasteiger partial charge in [-0.2, -0.15) is 0 Å². The van der Waals surface area contributed by atoms with E-state index in [1.54, 1.807) is 0 Å². The van der Waals surface area contributed by atoms with Crippen LogP contribution in [0.5, 0.6) is 0 Å². The Morgan fingerprint density at radius 3 is 1.65 bits per heavy atom. The largest absolute Gasteiger partial charge is 0.494 e. The first-order valence-corrected chi connectivity index (χ1v) is 14.0. The molecule has 1 saturated heterocycles. The van der Waals surface area contributed by atoms with Crippen molar-refractivity contribution in [1.82, 2.24) is 0 Å². The number of hydrogen-bond acceptors (Lipinski definition) is 3. The minimum absolute atomic E-state index is 0.400. The fourth-order valence-corrected chi connectivity index (χ4v) is 5.78. The monoisotopic (exact) mass is 521 g/mol. The predicted molar refractivity (Wildman–Crippen MR) is 167 cm³/mol. The standard InChI is InChI=1S/C36H32BNO2/c1-35(2)36(3,4)40-37(39-35)27-20-22-34-32(24-27)30-18-12-11-17-29(30)31-23-26(25-13-7-5-8-14-25)19-21-33(31)38(34)28-15-9-6-10-16-28/h5-24H,1-4H3. The molecule has 0 saturated carbocycles. The fourth-order valence-electron chi connectivity index (χ4n) is 5.78. The second-order valence-corrected chi connectivity index (χ2v) is 11.7. The summed E-state index contributed by atoms with van der Waals surface area (Å²) in [4.78, 5) is 2.38. The molecule has 2 aliphatic rings. The molecule has 2 aliphatic heterocycles. The van der Waals surface area contributed by atoms with Gasteiger partial charge in [-0.3, -0.25) is 0 Å². The van der Waals surface area contributed by atoms with Crippen LogP contribution in [0.1, 0.15) is 27.7 Å². The molecular weight excluding hydrogens is 489 g/mol. The van der Waals surface area contributed by atoms with Gasteiger partial charge < -0.3 is 14.2 Å². The second kappa shape index (κ2) is 9.23. The van der Waals surface area contributed by atoms with Crippen molar-refractivity contribution in [2.75, 3.05) is 4.90 Å². The van der Waals surface area contributed by atoms with Gasteiger partial charge in [-0.05, 0) is 85.7 Å². The molecule has 0 atom stereocenters. The van der Waals surface area contributed by atoms with Crippen molar-refractivity contribution in [2.24, 2.45) is 0 Å². The Morgan fingerprint density at radius 2 is 1.02 bits per heavy atom. The summed E-state index contributed by atoms with van der Waals surface area (Å²) in [5.74, 6) is 0. The van der Waals surface area contributed by atoms with Crippen LogP contribution in [-0.4, -0.2) is 18.3 Å². The van der Waals surface area contributed by atoms with Crippen molar-refractivity contribution in [2.45, 2.75) is 38.9 Å². The molecule has 0 unspecified atom stereocenters. The second-order valence-electron chi connectivity index (χ2n) is 11.7. The molecule has 2 heterocycles. The Bertz CT molecular complexity index is 1700. The van der Waals surface area contributed by atoms with Crippen molar-refractivity contribution in [3.63, 3.8) is 0 Å². The van der Waals surface area contributed by atoms with Gasteiger partial charge in [-0.1, -0.05) is 91.0 Å². The summed E-state index contributed by atoms with van der Waals surface area (Å²) in [7, 11) is -0.428. The topological polar surface area (TPSA) is 21.7 Å². The number of nitrogens with zero attached hydrogens (tertiary/aromatic N) is 1. The van der Waals surface area contributed by atoms with E-state index in [9.17, 15) is 0 Å². The van der Waals surface area contributed by atoms with Crippen LogP contribution in [0, 0.1) is 0 Å². The van der Waals surface area contributed by atoms with Crippen molar-refractivity contribution in [3.05, 3.63) is 121 Å². The van der Waals surface area contributed by atoms with Gasteiger partial charge in [-0.25, -0.2) is 0 Å². The minimum atomic E-state index is -0.428. The average molecular weight is 521 g/mol. The van der Waals surface area contributed by atoms with Crippen molar-refractivity contribution < 1.29 is 9.31 Å². The number of benzene rings is 5. The van der Waals surface area contributed by atoms with Gasteiger partial charge in [0.05, 0.1) is 22.6 Å². The molecule has 1 fully saturated rings. The first kappa shape index (κ1) is 24.9. The van der Waals surface area contributed by atoms with Crippen LogP contribution >= 0.6 is 0 Å². The van der Waals surface area contributed by atoms with Crippen LogP contribution in [0.4, 0.5) is 17.1 Å². The zero-order chi connectivity index (χ0) is 27.5. The zero-order valence-corrected chi connectivity index (χ0v) is 23.4. The van der Waals surface area contributed by atoms with Gasteiger partial charge in [0.1, 0.15) is 0 Å². The normalized spacial score (nSPS) is 16.6. The lowest BCUT2D eigenvalue weighted by Gasteiger charge is -2.32. The molecular formula is C36H32BNO2. The Labute approximate surface area is 237 Å². The molecule has 0 amide bonds. The van der Waals surface area contributed by atoms with Crippen LogP contribution in [-0.2, 0) is 9.31 Å². The summed E-state index contributed by atoms with van der Waals surface area (Å²) in [6, 6.07) is 43.4. The van der Waals surface area contributed by atoms with Crippen LogP contribution < -0.4 is 10.4 Å². The fraction of sp³-hybridized carbons (Fsp3) is 0.167. The van der Waals surface area contributed by atoms with Gasteiger partial charge in [0.15, 0.2) is 0 Å². The van der Waals surface area contributed by atoms with E-state index in [1.165, 1.54) is 27.8 Å². The Hall–Kier alpha value is -4.12. The van der Waals surface area contributed by atoms with E-state index >= 15 is 0 Å². The number of fused-ring (bicyclic) bond motifs is 5. The summed E-state index contributed by atoms with van der Waals surface area (Å²) in [6.07, 6.45) is 0. The molecule has 7 rings (SSSR count). The molecule has 196 valence electrons. The van der Waals surface area contributed by atoms with Crippen LogP contribution in [0.15, 0.2) is 121 Å². The van der Waals surface area contributed by atoms with E-state index in [4.69, 9.17) is 9.31 Å². The molecule has 3 nitrogen and oxygen atoms in total. The molecule has 4 heteroatoms. The lowest BCUT2D eigenvalue weighted by molar-refractivity contribution is 0.00578. The molecule has 0 N–H and O–H groups in total. The van der Waals surface area contributed by atoms with Gasteiger partial charge in [0.2, 0.25) is 0 Å². The Kier molecular flexibility index (Phi) is 5.74. The minimum Gasteiger partial charge on any atom is -0.399 e. The molecule has 0 radical (unpaired) electrons. The molecule has 0 aliphatic carbocycles. The summed E-state index contributed by atoms with van der Waals surface area (Å²) in [6.45, 7) is 8.40. The highest BCUT2D eigenvalue weighted by atomic mass is 16.7. The van der Waals surface area contributed by atoms with Crippen LogP contribution in [0.2, 0.25) is 0 Å². The van der Waals surface area contributed by atoms with Crippen molar-refractivity contribution in [1.29, 1.82) is 0 Å². The van der Waals surface area contributed by atoms with E-state index in [0.29, 0.717) is 0 Å². The SMILES string of the molecule is CC1(C)OB(c2ccc3c(c2)-c2ccccc2-c2cc(-c4ccccc4)ccc2N3c2ccccc2)OC1(C)C. The highest BCUT2D eigenvalue weighted by molar-refractivity contribution is 6.62. The summed E-state index contributed by atoms with van der Waals surface area (Å²) in [5.41, 5.74) is 10.8. The van der Waals surface area contributed by atoms with E-state index in [0.717, 1.165) is 28.1 Å². The summed E-state index contributed by atoms with van der Waals surface area (Å²) < 4.78 is 12.9. The van der Waals surface area contributed by atoms with E-state index in [-0.39, 0.29) is 0 Å². The zero-order valence-electron chi connectivity index (χ0n) is 23.4.